The monoisotopic (exact) mass is 303 g/mol. The molecule has 0 fully saturated rings. The number of phenols is 2. The van der Waals surface area contributed by atoms with Gasteiger partial charge in [-0.25, -0.2) is 0 Å². The summed E-state index contributed by atoms with van der Waals surface area (Å²) in [6, 6.07) is 4.60. The van der Waals surface area contributed by atoms with Crippen LogP contribution in [0.3, 0.4) is 0 Å². The van der Waals surface area contributed by atoms with Crippen molar-refractivity contribution in [3.8, 4) is 17.2 Å². The van der Waals surface area contributed by atoms with Crippen LogP contribution in [0.1, 0.15) is 17.0 Å². The number of hydrogen-bond donors (Lipinski definition) is 2. The number of hydrogen-bond acceptors (Lipinski definition) is 4. The second-order valence-electron chi connectivity index (χ2n) is 5.03. The van der Waals surface area contributed by atoms with Crippen molar-refractivity contribution in [2.24, 2.45) is 14.1 Å². The molecule has 1 aromatic carbocycles. The van der Waals surface area contributed by atoms with Crippen LogP contribution in [0.25, 0.3) is 12.2 Å². The molecule has 0 amide bonds. The average molecular weight is 303 g/mol. The highest BCUT2D eigenvalue weighted by Crippen LogP contribution is 2.33. The van der Waals surface area contributed by atoms with E-state index in [0.717, 1.165) is 5.69 Å². The van der Waals surface area contributed by atoms with E-state index in [1.54, 1.807) is 30.8 Å². The summed E-state index contributed by atoms with van der Waals surface area (Å²) in [6.45, 7) is 1.84. The molecule has 6 nitrogen and oxygen atoms in total. The Bertz CT molecular complexity index is 807. The molecule has 22 heavy (non-hydrogen) atoms. The number of aromatic hydroxyl groups is 2. The number of rotatable bonds is 3. The van der Waals surface area contributed by atoms with Gasteiger partial charge in [-0.3, -0.25) is 0 Å². The summed E-state index contributed by atoms with van der Waals surface area (Å²) < 4.78 is 7.98. The molecule has 0 bridgehead atoms. The van der Waals surface area contributed by atoms with Crippen LogP contribution in [-0.4, -0.2) is 21.9 Å². The Morgan fingerprint density at radius 1 is 1.18 bits per heavy atom. The highest BCUT2D eigenvalue weighted by molar-refractivity contribution is 5.72. The zero-order chi connectivity index (χ0) is 16.4. The Morgan fingerprint density at radius 2 is 1.86 bits per heavy atom. The molecule has 6 heteroatoms. The van der Waals surface area contributed by atoms with Gasteiger partial charge in [-0.2, -0.15) is 13.9 Å². The molecule has 0 aliphatic rings. The van der Waals surface area contributed by atoms with Gasteiger partial charge >= 0.3 is 5.69 Å². The predicted molar refractivity (Wildman–Crippen MR) is 82.8 cm³/mol. The number of aromatic nitrogens is 2. The summed E-state index contributed by atoms with van der Waals surface area (Å²) in [4.78, 5) is 12.0. The maximum atomic E-state index is 12.0. The SMILES string of the molecule is COc1cc(O)c(/C=C/c2cc(C)n(C)c(=O)[n+]2C)cc1O. The molecule has 0 atom stereocenters. The van der Waals surface area contributed by atoms with E-state index in [9.17, 15) is 15.0 Å². The maximum Gasteiger partial charge on any atom is 0.498 e. The van der Waals surface area contributed by atoms with Crippen molar-refractivity contribution in [1.82, 2.24) is 4.57 Å². The Kier molecular flexibility index (Phi) is 4.21. The van der Waals surface area contributed by atoms with Crippen LogP contribution in [0.5, 0.6) is 17.2 Å². The van der Waals surface area contributed by atoms with Gasteiger partial charge in [-0.15, -0.1) is 0 Å². The molecule has 0 radical (unpaired) electrons. The standard InChI is InChI=1S/C16H18N2O4/c1-10-7-12(18(3)16(21)17(10)2)6-5-11-8-14(20)15(22-4)9-13(11)19/h5-9,20H,1-4H3/p+1. The van der Waals surface area contributed by atoms with Gasteiger partial charge in [0.1, 0.15) is 17.1 Å². The van der Waals surface area contributed by atoms with Crippen LogP contribution < -0.4 is 15.0 Å². The summed E-state index contributed by atoms with van der Waals surface area (Å²) in [5.74, 6) is 0.114. The molecule has 2 rings (SSSR count). The van der Waals surface area contributed by atoms with Crippen LogP contribution in [0, 0.1) is 6.92 Å². The molecule has 0 spiro atoms. The van der Waals surface area contributed by atoms with E-state index in [-0.39, 0.29) is 22.9 Å². The number of aryl methyl sites for hydroxylation is 1. The normalized spacial score (nSPS) is 11.1. The molecule has 0 saturated carbocycles. The van der Waals surface area contributed by atoms with Crippen LogP contribution >= 0.6 is 0 Å². The number of benzene rings is 1. The van der Waals surface area contributed by atoms with E-state index in [0.29, 0.717) is 11.3 Å². The molecule has 0 saturated heterocycles. The van der Waals surface area contributed by atoms with Gasteiger partial charge < -0.3 is 14.9 Å². The Morgan fingerprint density at radius 3 is 2.50 bits per heavy atom. The van der Waals surface area contributed by atoms with Gasteiger partial charge in [0, 0.05) is 17.7 Å². The lowest BCUT2D eigenvalue weighted by Crippen LogP contribution is -2.53. The van der Waals surface area contributed by atoms with Gasteiger partial charge in [0.05, 0.1) is 21.2 Å². The lowest BCUT2D eigenvalue weighted by atomic mass is 10.1. The molecule has 1 heterocycles. The topological polar surface area (TPSA) is 75.6 Å². The van der Waals surface area contributed by atoms with Gasteiger partial charge in [0.2, 0.25) is 0 Å². The molecule has 0 aliphatic heterocycles. The minimum Gasteiger partial charge on any atom is -0.507 e. The van der Waals surface area contributed by atoms with Crippen molar-refractivity contribution in [2.45, 2.75) is 6.92 Å². The summed E-state index contributed by atoms with van der Waals surface area (Å²) in [5, 5.41) is 19.7. The van der Waals surface area contributed by atoms with Crippen molar-refractivity contribution in [3.05, 3.63) is 45.6 Å². The van der Waals surface area contributed by atoms with E-state index in [1.807, 2.05) is 13.0 Å². The number of ether oxygens (including phenoxy) is 1. The van der Waals surface area contributed by atoms with E-state index in [2.05, 4.69) is 0 Å². The molecule has 0 aliphatic carbocycles. The van der Waals surface area contributed by atoms with Crippen molar-refractivity contribution in [2.75, 3.05) is 7.11 Å². The van der Waals surface area contributed by atoms with E-state index >= 15 is 0 Å². The zero-order valence-corrected chi connectivity index (χ0v) is 13.0. The maximum absolute atomic E-state index is 12.0. The smallest absolute Gasteiger partial charge is 0.498 e. The fourth-order valence-corrected chi connectivity index (χ4v) is 2.10. The fraction of sp³-hybridized carbons (Fsp3) is 0.250. The lowest BCUT2D eigenvalue weighted by molar-refractivity contribution is -0.692. The van der Waals surface area contributed by atoms with Gasteiger partial charge in [0.15, 0.2) is 11.5 Å². The summed E-state index contributed by atoms with van der Waals surface area (Å²) in [7, 11) is 4.79. The highest BCUT2D eigenvalue weighted by atomic mass is 16.5. The third-order valence-electron chi connectivity index (χ3n) is 3.61. The second kappa shape index (κ2) is 5.93. The molecule has 1 aromatic heterocycles. The molecule has 2 N–H and O–H groups in total. The first kappa shape index (κ1) is 15.6. The van der Waals surface area contributed by atoms with E-state index in [4.69, 9.17) is 4.74 Å². The first-order valence-electron chi connectivity index (χ1n) is 6.70. The zero-order valence-electron chi connectivity index (χ0n) is 13.0. The largest absolute Gasteiger partial charge is 0.507 e. The van der Waals surface area contributed by atoms with Crippen molar-refractivity contribution in [1.29, 1.82) is 0 Å². The molecule has 0 unspecified atom stereocenters. The number of methoxy groups -OCH3 is 1. The van der Waals surface area contributed by atoms with Crippen LogP contribution in [0.15, 0.2) is 23.0 Å². The van der Waals surface area contributed by atoms with E-state index in [1.165, 1.54) is 23.8 Å². The van der Waals surface area contributed by atoms with Crippen LogP contribution in [0.4, 0.5) is 0 Å². The molecular formula is C16H19N2O4+. The first-order valence-corrected chi connectivity index (χ1v) is 6.70. The predicted octanol–water partition coefficient (Wildman–Crippen LogP) is 1.11. The minimum atomic E-state index is -0.138. The molecular weight excluding hydrogens is 284 g/mol. The Balaban J connectivity index is 2.46. The summed E-state index contributed by atoms with van der Waals surface area (Å²) in [6.07, 6.45) is 3.33. The van der Waals surface area contributed by atoms with Crippen molar-refractivity contribution in [3.63, 3.8) is 0 Å². The Hall–Kier alpha value is -2.76. The van der Waals surface area contributed by atoms with E-state index < -0.39 is 0 Å². The lowest BCUT2D eigenvalue weighted by Gasteiger charge is -2.06. The number of nitrogens with zero attached hydrogens (tertiary/aromatic N) is 2. The highest BCUT2D eigenvalue weighted by Gasteiger charge is 2.12. The average Bonchev–Trinajstić information content (AvgIpc) is 2.50. The summed E-state index contributed by atoms with van der Waals surface area (Å²) in [5.41, 5.74) is 1.80. The van der Waals surface area contributed by atoms with Gasteiger partial charge in [-0.1, -0.05) is 0 Å². The first-order chi connectivity index (χ1) is 10.3. The quantitative estimate of drug-likeness (QED) is 0.658. The molecule has 2 aromatic rings. The molecule has 116 valence electrons. The Labute approximate surface area is 128 Å². The third kappa shape index (κ3) is 2.81. The second-order valence-corrected chi connectivity index (χ2v) is 5.03. The van der Waals surface area contributed by atoms with Gasteiger partial charge in [-0.05, 0) is 25.1 Å². The number of phenolic OH excluding ortho intramolecular Hbond substituents is 2. The third-order valence-corrected chi connectivity index (χ3v) is 3.61. The fourth-order valence-electron chi connectivity index (χ4n) is 2.10. The van der Waals surface area contributed by atoms with Crippen LogP contribution in [0.2, 0.25) is 0 Å². The minimum absolute atomic E-state index is 0.0193. The van der Waals surface area contributed by atoms with Crippen LogP contribution in [-0.2, 0) is 14.1 Å². The van der Waals surface area contributed by atoms with Crippen molar-refractivity contribution >= 4 is 12.2 Å². The van der Waals surface area contributed by atoms with Crippen molar-refractivity contribution < 1.29 is 19.5 Å². The summed E-state index contributed by atoms with van der Waals surface area (Å²) >= 11 is 0. The van der Waals surface area contributed by atoms with Gasteiger partial charge in [0.25, 0.3) is 0 Å².